The number of aromatic nitrogens is 3. The largest absolute Gasteiger partial charge is 0.373 e. The predicted molar refractivity (Wildman–Crippen MR) is 77.8 cm³/mol. The Morgan fingerprint density at radius 1 is 1.25 bits per heavy atom. The third-order valence-corrected chi connectivity index (χ3v) is 2.72. The van der Waals surface area contributed by atoms with Crippen molar-refractivity contribution in [2.75, 3.05) is 17.7 Å². The molecule has 0 unspecified atom stereocenters. The molecule has 0 radical (unpaired) electrons. The van der Waals surface area contributed by atoms with Crippen LogP contribution in [0.3, 0.4) is 0 Å². The lowest BCUT2D eigenvalue weighted by molar-refractivity contribution is 0.102. The SMILES string of the molecule is CCCc1cc(C(=O)Nc2cncnc2)cc(NC)n1. The van der Waals surface area contributed by atoms with E-state index in [4.69, 9.17) is 0 Å². The molecule has 6 nitrogen and oxygen atoms in total. The van der Waals surface area contributed by atoms with Crippen molar-refractivity contribution in [3.05, 3.63) is 42.1 Å². The van der Waals surface area contributed by atoms with E-state index in [2.05, 4.69) is 32.5 Å². The molecule has 0 saturated carbocycles. The summed E-state index contributed by atoms with van der Waals surface area (Å²) in [5.74, 6) is 0.487. The van der Waals surface area contributed by atoms with Gasteiger partial charge in [0.1, 0.15) is 12.1 Å². The van der Waals surface area contributed by atoms with Gasteiger partial charge in [0.2, 0.25) is 0 Å². The zero-order chi connectivity index (χ0) is 14.4. The average Bonchev–Trinajstić information content (AvgIpc) is 2.48. The first kappa shape index (κ1) is 13.9. The minimum absolute atomic E-state index is 0.198. The van der Waals surface area contributed by atoms with Gasteiger partial charge in [-0.1, -0.05) is 13.3 Å². The Balaban J connectivity index is 2.22. The van der Waals surface area contributed by atoms with E-state index in [0.717, 1.165) is 18.5 Å². The normalized spacial score (nSPS) is 10.1. The van der Waals surface area contributed by atoms with Crippen molar-refractivity contribution in [2.45, 2.75) is 19.8 Å². The van der Waals surface area contributed by atoms with Crippen LogP contribution in [0.25, 0.3) is 0 Å². The van der Waals surface area contributed by atoms with Gasteiger partial charge in [0.05, 0.1) is 18.1 Å². The zero-order valence-corrected chi connectivity index (χ0v) is 11.6. The molecule has 20 heavy (non-hydrogen) atoms. The number of carbonyl (C=O) groups excluding carboxylic acids is 1. The van der Waals surface area contributed by atoms with Crippen LogP contribution < -0.4 is 10.6 Å². The molecule has 104 valence electrons. The van der Waals surface area contributed by atoms with Crippen LogP contribution in [0.1, 0.15) is 29.4 Å². The number of aryl methyl sites for hydroxylation is 1. The third kappa shape index (κ3) is 3.50. The van der Waals surface area contributed by atoms with Crippen LogP contribution in [0, 0.1) is 0 Å². The molecule has 0 saturated heterocycles. The number of anilines is 2. The lowest BCUT2D eigenvalue weighted by Gasteiger charge is -2.08. The number of hydrogen-bond acceptors (Lipinski definition) is 5. The molecule has 0 bridgehead atoms. The van der Waals surface area contributed by atoms with Gasteiger partial charge in [-0.05, 0) is 18.6 Å². The van der Waals surface area contributed by atoms with E-state index in [0.29, 0.717) is 17.1 Å². The van der Waals surface area contributed by atoms with Gasteiger partial charge in [-0.3, -0.25) is 4.79 Å². The Hall–Kier alpha value is -2.50. The van der Waals surface area contributed by atoms with Crippen LogP contribution in [0.2, 0.25) is 0 Å². The van der Waals surface area contributed by atoms with Crippen molar-refractivity contribution in [3.8, 4) is 0 Å². The van der Waals surface area contributed by atoms with E-state index in [1.54, 1.807) is 25.5 Å². The van der Waals surface area contributed by atoms with Crippen molar-refractivity contribution >= 4 is 17.4 Å². The first-order chi connectivity index (χ1) is 9.72. The van der Waals surface area contributed by atoms with Gasteiger partial charge in [-0.15, -0.1) is 0 Å². The number of nitrogens with zero attached hydrogens (tertiary/aromatic N) is 3. The molecule has 6 heteroatoms. The molecule has 0 aliphatic heterocycles. The number of amides is 1. The minimum atomic E-state index is -0.198. The molecular formula is C14H17N5O. The Morgan fingerprint density at radius 2 is 2.00 bits per heavy atom. The summed E-state index contributed by atoms with van der Waals surface area (Å²) in [4.78, 5) is 24.4. The summed E-state index contributed by atoms with van der Waals surface area (Å²) in [6.45, 7) is 2.08. The number of carbonyl (C=O) groups is 1. The first-order valence-electron chi connectivity index (χ1n) is 6.48. The molecule has 0 aromatic carbocycles. The van der Waals surface area contributed by atoms with Crippen LogP contribution in [-0.2, 0) is 6.42 Å². The highest BCUT2D eigenvalue weighted by molar-refractivity contribution is 6.04. The van der Waals surface area contributed by atoms with E-state index in [1.807, 2.05) is 6.07 Å². The minimum Gasteiger partial charge on any atom is -0.373 e. The molecule has 0 atom stereocenters. The molecule has 0 fully saturated rings. The highest BCUT2D eigenvalue weighted by Gasteiger charge is 2.10. The van der Waals surface area contributed by atoms with E-state index in [9.17, 15) is 4.79 Å². The van der Waals surface area contributed by atoms with Crippen molar-refractivity contribution in [3.63, 3.8) is 0 Å². The summed E-state index contributed by atoms with van der Waals surface area (Å²) in [6, 6.07) is 3.53. The number of pyridine rings is 1. The number of hydrogen-bond donors (Lipinski definition) is 2. The topological polar surface area (TPSA) is 79.8 Å². The summed E-state index contributed by atoms with van der Waals surface area (Å²) < 4.78 is 0. The average molecular weight is 271 g/mol. The molecular weight excluding hydrogens is 254 g/mol. The molecule has 0 spiro atoms. The molecule has 2 heterocycles. The quantitative estimate of drug-likeness (QED) is 0.870. The van der Waals surface area contributed by atoms with E-state index >= 15 is 0 Å². The Morgan fingerprint density at radius 3 is 2.65 bits per heavy atom. The Kier molecular flexibility index (Phi) is 4.60. The van der Waals surface area contributed by atoms with Gasteiger partial charge >= 0.3 is 0 Å². The Labute approximate surface area is 117 Å². The van der Waals surface area contributed by atoms with Gasteiger partial charge in [-0.25, -0.2) is 15.0 Å². The van der Waals surface area contributed by atoms with Crippen molar-refractivity contribution in [1.82, 2.24) is 15.0 Å². The van der Waals surface area contributed by atoms with Crippen LogP contribution in [0.15, 0.2) is 30.9 Å². The molecule has 2 aromatic heterocycles. The fraction of sp³-hybridized carbons (Fsp3) is 0.286. The molecule has 1 amide bonds. The fourth-order valence-electron chi connectivity index (χ4n) is 1.80. The fourth-order valence-corrected chi connectivity index (χ4v) is 1.80. The monoisotopic (exact) mass is 271 g/mol. The smallest absolute Gasteiger partial charge is 0.255 e. The van der Waals surface area contributed by atoms with Crippen molar-refractivity contribution in [2.24, 2.45) is 0 Å². The lowest BCUT2D eigenvalue weighted by Crippen LogP contribution is -2.13. The van der Waals surface area contributed by atoms with E-state index in [-0.39, 0.29) is 5.91 Å². The number of rotatable bonds is 5. The Bertz CT molecular complexity index is 585. The second-order valence-corrected chi connectivity index (χ2v) is 4.31. The summed E-state index contributed by atoms with van der Waals surface area (Å²) in [5, 5.41) is 5.73. The summed E-state index contributed by atoms with van der Waals surface area (Å²) in [5.41, 5.74) is 2.03. The lowest BCUT2D eigenvalue weighted by atomic mass is 10.1. The van der Waals surface area contributed by atoms with Crippen LogP contribution >= 0.6 is 0 Å². The van der Waals surface area contributed by atoms with Crippen molar-refractivity contribution in [1.29, 1.82) is 0 Å². The van der Waals surface area contributed by atoms with Crippen LogP contribution in [0.4, 0.5) is 11.5 Å². The maximum absolute atomic E-state index is 12.2. The van der Waals surface area contributed by atoms with Gasteiger partial charge < -0.3 is 10.6 Å². The first-order valence-corrected chi connectivity index (χ1v) is 6.48. The molecule has 0 aliphatic rings. The third-order valence-electron chi connectivity index (χ3n) is 2.72. The molecule has 2 aromatic rings. The second kappa shape index (κ2) is 6.60. The highest BCUT2D eigenvalue weighted by atomic mass is 16.1. The summed E-state index contributed by atoms with van der Waals surface area (Å²) in [6.07, 6.45) is 6.34. The summed E-state index contributed by atoms with van der Waals surface area (Å²) >= 11 is 0. The van der Waals surface area contributed by atoms with Crippen molar-refractivity contribution < 1.29 is 4.79 Å². The van der Waals surface area contributed by atoms with Gasteiger partial charge in [0.15, 0.2) is 0 Å². The maximum atomic E-state index is 12.2. The molecule has 0 aliphatic carbocycles. The maximum Gasteiger partial charge on any atom is 0.255 e. The zero-order valence-electron chi connectivity index (χ0n) is 11.6. The van der Waals surface area contributed by atoms with E-state index in [1.165, 1.54) is 6.33 Å². The van der Waals surface area contributed by atoms with Crippen LogP contribution in [0.5, 0.6) is 0 Å². The summed E-state index contributed by atoms with van der Waals surface area (Å²) in [7, 11) is 1.78. The molecule has 2 rings (SSSR count). The second-order valence-electron chi connectivity index (χ2n) is 4.31. The van der Waals surface area contributed by atoms with Gasteiger partial charge in [0.25, 0.3) is 5.91 Å². The number of nitrogens with one attached hydrogen (secondary N) is 2. The standard InChI is InChI=1S/C14H17N5O/c1-3-4-11-5-10(6-13(15-2)18-11)14(20)19-12-7-16-9-17-8-12/h5-9H,3-4H2,1-2H3,(H,15,18)(H,19,20). The van der Waals surface area contributed by atoms with Gasteiger partial charge in [-0.2, -0.15) is 0 Å². The molecule has 2 N–H and O–H groups in total. The van der Waals surface area contributed by atoms with Crippen LogP contribution in [-0.4, -0.2) is 27.9 Å². The van der Waals surface area contributed by atoms with E-state index < -0.39 is 0 Å². The highest BCUT2D eigenvalue weighted by Crippen LogP contribution is 2.13. The van der Waals surface area contributed by atoms with Gasteiger partial charge in [0, 0.05) is 18.3 Å². The predicted octanol–water partition coefficient (Wildman–Crippen LogP) is 2.12.